The third-order valence-electron chi connectivity index (χ3n) is 4.08. The predicted octanol–water partition coefficient (Wildman–Crippen LogP) is 3.79. The number of amides is 1. The molecule has 0 fully saturated rings. The number of hydrogen-bond acceptors (Lipinski definition) is 5. The van der Waals surface area contributed by atoms with E-state index in [1.165, 1.54) is 6.92 Å². The lowest BCUT2D eigenvalue weighted by molar-refractivity contribution is -0.114. The molecule has 3 rings (SSSR count). The summed E-state index contributed by atoms with van der Waals surface area (Å²) in [5, 5.41) is 14.7. The number of pyridine rings is 3. The van der Waals surface area contributed by atoms with Gasteiger partial charge in [-0.2, -0.15) is 0 Å². The molecule has 0 spiro atoms. The van der Waals surface area contributed by atoms with Crippen molar-refractivity contribution >= 4 is 22.5 Å². The van der Waals surface area contributed by atoms with Gasteiger partial charge in [0.1, 0.15) is 5.82 Å². The van der Waals surface area contributed by atoms with Crippen LogP contribution in [0.2, 0.25) is 0 Å². The van der Waals surface area contributed by atoms with Gasteiger partial charge in [0.25, 0.3) is 0 Å². The van der Waals surface area contributed by atoms with E-state index in [9.17, 15) is 9.90 Å². The zero-order valence-electron chi connectivity index (χ0n) is 16.1. The van der Waals surface area contributed by atoms with Gasteiger partial charge in [-0.3, -0.25) is 14.8 Å². The Hall–Kier alpha value is -2.86. The Kier molecular flexibility index (Phi) is 4.84. The van der Waals surface area contributed by atoms with Crippen molar-refractivity contribution in [1.29, 1.82) is 0 Å². The maximum absolute atomic E-state index is 11.2. The molecule has 3 aromatic heterocycles. The number of aryl methyl sites for hydroxylation is 1. The first-order valence-corrected chi connectivity index (χ1v) is 8.53. The van der Waals surface area contributed by atoms with Crippen LogP contribution in [0.15, 0.2) is 36.8 Å². The summed E-state index contributed by atoms with van der Waals surface area (Å²) in [5.74, 6) is 0.308. The second-order valence-electron chi connectivity index (χ2n) is 6.25. The molecule has 0 aliphatic carbocycles. The molecule has 134 valence electrons. The Morgan fingerprint density at radius 1 is 1.19 bits per heavy atom. The molecule has 0 saturated heterocycles. The molecule has 1 amide bonds. The third kappa shape index (κ3) is 3.86. The van der Waals surface area contributed by atoms with Gasteiger partial charge >= 0.3 is 0 Å². The summed E-state index contributed by atoms with van der Waals surface area (Å²) in [4.78, 5) is 24.2. The molecule has 0 aliphatic heterocycles. The zero-order chi connectivity index (χ0) is 19.6. The summed E-state index contributed by atoms with van der Waals surface area (Å²) in [5.41, 5.74) is 2.79. The minimum absolute atomic E-state index is 0.175. The minimum atomic E-state index is -1.68. The standard InChI is InChI=1S/C20H22N4O2/c1-4-5-19(26)18-6-12(2)16(11-22-18)17-7-14-10-23-20(24-13(3)25)8-15(14)9-21-17/h6-11,19,26H,4-5H2,1-3H3,(H,23,24,25)/i19D. The zero-order valence-corrected chi connectivity index (χ0v) is 15.1. The minimum Gasteiger partial charge on any atom is -0.387 e. The van der Waals surface area contributed by atoms with E-state index in [0.29, 0.717) is 24.4 Å². The third-order valence-corrected chi connectivity index (χ3v) is 4.08. The largest absolute Gasteiger partial charge is 0.387 e. The van der Waals surface area contributed by atoms with Crippen molar-refractivity contribution in [3.8, 4) is 11.3 Å². The summed E-state index contributed by atoms with van der Waals surface area (Å²) in [7, 11) is 0. The molecule has 0 radical (unpaired) electrons. The molecule has 1 unspecified atom stereocenters. The number of nitrogens with one attached hydrogen (secondary N) is 1. The van der Waals surface area contributed by atoms with E-state index in [4.69, 9.17) is 1.37 Å². The van der Waals surface area contributed by atoms with Gasteiger partial charge in [0.15, 0.2) is 0 Å². The molecular weight excluding hydrogens is 328 g/mol. The van der Waals surface area contributed by atoms with E-state index in [2.05, 4.69) is 20.3 Å². The lowest BCUT2D eigenvalue weighted by Gasteiger charge is -2.12. The fourth-order valence-electron chi connectivity index (χ4n) is 2.78. The van der Waals surface area contributed by atoms with Crippen LogP contribution in [0.3, 0.4) is 0 Å². The highest BCUT2D eigenvalue weighted by Gasteiger charge is 2.12. The fraction of sp³-hybridized carbons (Fsp3) is 0.300. The van der Waals surface area contributed by atoms with Crippen molar-refractivity contribution in [3.63, 3.8) is 0 Å². The van der Waals surface area contributed by atoms with Crippen LogP contribution >= 0.6 is 0 Å². The SMILES string of the molecule is [2H]C(O)(CCC)c1cc(C)c(-c2cc3cnc(NC(C)=O)cc3cn2)cn1. The van der Waals surface area contributed by atoms with Crippen LogP contribution < -0.4 is 5.32 Å². The Labute approximate surface area is 153 Å². The van der Waals surface area contributed by atoms with Crippen molar-refractivity contribution < 1.29 is 11.3 Å². The van der Waals surface area contributed by atoms with Crippen molar-refractivity contribution in [1.82, 2.24) is 15.0 Å². The van der Waals surface area contributed by atoms with Crippen molar-refractivity contribution in [2.24, 2.45) is 0 Å². The lowest BCUT2D eigenvalue weighted by atomic mass is 10.0. The summed E-state index contributed by atoms with van der Waals surface area (Å²) in [6.07, 6.45) is 4.40. The number of fused-ring (bicyclic) bond motifs is 1. The van der Waals surface area contributed by atoms with E-state index >= 15 is 0 Å². The Morgan fingerprint density at radius 2 is 1.92 bits per heavy atom. The first kappa shape index (κ1) is 16.6. The number of anilines is 1. The highest BCUT2D eigenvalue weighted by Crippen LogP contribution is 2.27. The molecule has 1 atom stereocenters. The molecule has 6 nitrogen and oxygen atoms in total. The van der Waals surface area contributed by atoms with Crippen LogP contribution in [0.1, 0.15) is 45.4 Å². The average Bonchev–Trinajstić information content (AvgIpc) is 2.60. The van der Waals surface area contributed by atoms with E-state index in [1.54, 1.807) is 30.7 Å². The smallest absolute Gasteiger partial charge is 0.222 e. The van der Waals surface area contributed by atoms with E-state index in [0.717, 1.165) is 27.6 Å². The number of carbonyl (C=O) groups excluding carboxylic acids is 1. The second-order valence-corrected chi connectivity index (χ2v) is 6.25. The number of carbonyl (C=O) groups is 1. The first-order valence-electron chi connectivity index (χ1n) is 9.03. The summed E-state index contributed by atoms with van der Waals surface area (Å²) >= 11 is 0. The number of nitrogens with zero attached hydrogens (tertiary/aromatic N) is 3. The van der Waals surface area contributed by atoms with Gasteiger partial charge in [-0.1, -0.05) is 13.3 Å². The maximum Gasteiger partial charge on any atom is 0.222 e. The highest BCUT2D eigenvalue weighted by atomic mass is 16.3. The molecular formula is C20H22N4O2. The number of rotatable bonds is 5. The average molecular weight is 351 g/mol. The fourth-order valence-corrected chi connectivity index (χ4v) is 2.78. The van der Waals surface area contributed by atoms with Crippen LogP contribution in [0.4, 0.5) is 5.82 Å². The van der Waals surface area contributed by atoms with Crippen molar-refractivity contribution in [2.75, 3.05) is 5.32 Å². The van der Waals surface area contributed by atoms with E-state index in [-0.39, 0.29) is 5.91 Å². The van der Waals surface area contributed by atoms with Crippen LogP contribution in [0, 0.1) is 6.92 Å². The number of hydrogen-bond donors (Lipinski definition) is 2. The molecule has 3 heterocycles. The molecule has 3 aromatic rings. The van der Waals surface area contributed by atoms with E-state index < -0.39 is 6.08 Å². The Bertz CT molecular complexity index is 1000. The Morgan fingerprint density at radius 3 is 2.62 bits per heavy atom. The van der Waals surface area contributed by atoms with Gasteiger partial charge in [-0.05, 0) is 37.1 Å². The quantitative estimate of drug-likeness (QED) is 0.730. The molecule has 0 aliphatic rings. The van der Waals surface area contributed by atoms with E-state index in [1.807, 2.05) is 19.9 Å². The number of aromatic nitrogens is 3. The normalized spacial score (nSPS) is 13.9. The van der Waals surface area contributed by atoms with Gasteiger partial charge in [0.05, 0.1) is 18.8 Å². The predicted molar refractivity (Wildman–Crippen MR) is 102 cm³/mol. The van der Waals surface area contributed by atoms with Gasteiger partial charge in [-0.25, -0.2) is 4.98 Å². The topological polar surface area (TPSA) is 88.0 Å². The first-order chi connectivity index (χ1) is 12.8. The van der Waals surface area contributed by atoms with Crippen molar-refractivity contribution in [2.45, 2.75) is 39.7 Å². The molecule has 0 bridgehead atoms. The molecule has 2 N–H and O–H groups in total. The van der Waals surface area contributed by atoms with Crippen LogP contribution in [0.25, 0.3) is 22.0 Å². The molecule has 26 heavy (non-hydrogen) atoms. The highest BCUT2D eigenvalue weighted by molar-refractivity contribution is 5.92. The molecule has 0 saturated carbocycles. The maximum atomic E-state index is 11.2. The molecule has 0 aromatic carbocycles. The second kappa shape index (κ2) is 7.58. The van der Waals surface area contributed by atoms with Crippen LogP contribution in [-0.2, 0) is 4.79 Å². The van der Waals surface area contributed by atoms with Gasteiger partial charge in [-0.15, -0.1) is 0 Å². The van der Waals surface area contributed by atoms with Gasteiger partial charge in [0, 0.05) is 41.9 Å². The summed E-state index contributed by atoms with van der Waals surface area (Å²) in [6, 6.07) is 5.41. The summed E-state index contributed by atoms with van der Waals surface area (Å²) in [6.45, 7) is 5.27. The van der Waals surface area contributed by atoms with Gasteiger partial charge < -0.3 is 10.4 Å². The monoisotopic (exact) mass is 351 g/mol. The Balaban J connectivity index is 1.96. The van der Waals surface area contributed by atoms with Crippen LogP contribution in [-0.4, -0.2) is 26.0 Å². The molecule has 6 heteroatoms. The van der Waals surface area contributed by atoms with Crippen molar-refractivity contribution in [3.05, 3.63) is 48.0 Å². The van der Waals surface area contributed by atoms with Gasteiger partial charge in [0.2, 0.25) is 5.91 Å². The number of aliphatic hydroxyl groups is 1. The van der Waals surface area contributed by atoms with Crippen LogP contribution in [0.5, 0.6) is 0 Å². The summed E-state index contributed by atoms with van der Waals surface area (Å²) < 4.78 is 8.05. The lowest BCUT2D eigenvalue weighted by Crippen LogP contribution is -2.07.